The third-order valence-electron chi connectivity index (χ3n) is 6.65. The quantitative estimate of drug-likeness (QED) is 0.217. The minimum atomic E-state index is -0.0305. The predicted octanol–water partition coefficient (Wildman–Crippen LogP) is 5.67. The van der Waals surface area contributed by atoms with E-state index in [2.05, 4.69) is 56.0 Å². The molecule has 0 radical (unpaired) electrons. The molecule has 0 bridgehead atoms. The Morgan fingerprint density at radius 1 is 1.05 bits per heavy atom. The van der Waals surface area contributed by atoms with Crippen LogP contribution < -0.4 is 10.6 Å². The van der Waals surface area contributed by atoms with Gasteiger partial charge < -0.3 is 20.4 Å². The molecule has 1 aliphatic rings. The summed E-state index contributed by atoms with van der Waals surface area (Å²) < 4.78 is 0. The molecule has 1 fully saturated rings. The van der Waals surface area contributed by atoms with Gasteiger partial charge in [-0.05, 0) is 61.8 Å². The summed E-state index contributed by atoms with van der Waals surface area (Å²) in [7, 11) is 0. The van der Waals surface area contributed by atoms with Crippen LogP contribution >= 0.6 is 11.6 Å². The van der Waals surface area contributed by atoms with Gasteiger partial charge in [0.1, 0.15) is 0 Å². The number of anilines is 3. The van der Waals surface area contributed by atoms with Gasteiger partial charge in [0.2, 0.25) is 5.95 Å². The largest absolute Gasteiger partial charge is 0.385 e. The molecule has 4 rings (SSSR count). The van der Waals surface area contributed by atoms with Gasteiger partial charge in [0.25, 0.3) is 0 Å². The summed E-state index contributed by atoms with van der Waals surface area (Å²) in [6, 6.07) is 15.8. The average Bonchev–Trinajstić information content (AvgIpc) is 2.93. The Balaban J connectivity index is 1.32. The second kappa shape index (κ2) is 14.0. The third kappa shape index (κ3) is 8.12. The summed E-state index contributed by atoms with van der Waals surface area (Å²) in [5, 5.41) is 7.28. The summed E-state index contributed by atoms with van der Waals surface area (Å²) in [5.74, 6) is 0.424. The maximum Gasteiger partial charge on any atom is 0.227 e. The number of halogens is 1. The van der Waals surface area contributed by atoms with Gasteiger partial charge >= 0.3 is 0 Å². The van der Waals surface area contributed by atoms with Gasteiger partial charge in [0.05, 0.1) is 16.9 Å². The zero-order valence-corrected chi connectivity index (χ0v) is 22.9. The molecule has 38 heavy (non-hydrogen) atoms. The third-order valence-corrected chi connectivity index (χ3v) is 6.93. The van der Waals surface area contributed by atoms with E-state index in [1.165, 1.54) is 45.2 Å². The number of allylic oxidation sites excluding steroid dienone is 1. The Labute approximate surface area is 230 Å². The molecule has 7 nitrogen and oxygen atoms in total. The van der Waals surface area contributed by atoms with Crippen LogP contribution in [0.25, 0.3) is 11.3 Å². The molecular formula is C30H37ClN6O. The van der Waals surface area contributed by atoms with Crippen molar-refractivity contribution in [1.29, 1.82) is 0 Å². The van der Waals surface area contributed by atoms with E-state index in [-0.39, 0.29) is 5.78 Å². The molecule has 0 atom stereocenters. The molecule has 8 heteroatoms. The molecule has 0 aliphatic carbocycles. The second-order valence-corrected chi connectivity index (χ2v) is 10.0. The fraction of sp³-hybridized carbons (Fsp3) is 0.367. The van der Waals surface area contributed by atoms with E-state index in [4.69, 9.17) is 11.6 Å². The van der Waals surface area contributed by atoms with Gasteiger partial charge in [-0.3, -0.25) is 4.79 Å². The molecule has 0 unspecified atom stereocenters. The summed E-state index contributed by atoms with van der Waals surface area (Å²) in [6.07, 6.45) is 5.56. The van der Waals surface area contributed by atoms with E-state index in [0.29, 0.717) is 23.1 Å². The second-order valence-electron chi connectivity index (χ2n) is 9.61. The number of aromatic nitrogens is 2. The molecule has 2 aromatic carbocycles. The maximum atomic E-state index is 11.8. The first kappa shape index (κ1) is 27.8. The van der Waals surface area contributed by atoms with Crippen LogP contribution in [0.3, 0.4) is 0 Å². The van der Waals surface area contributed by atoms with E-state index >= 15 is 0 Å². The van der Waals surface area contributed by atoms with Crippen molar-refractivity contribution in [3.05, 3.63) is 78.0 Å². The number of carbonyl (C=O) groups is 1. The maximum absolute atomic E-state index is 11.8. The van der Waals surface area contributed by atoms with Gasteiger partial charge in [-0.2, -0.15) is 0 Å². The lowest BCUT2D eigenvalue weighted by Gasteiger charge is -2.34. The van der Waals surface area contributed by atoms with Crippen molar-refractivity contribution in [2.45, 2.75) is 26.2 Å². The zero-order valence-electron chi connectivity index (χ0n) is 22.1. The van der Waals surface area contributed by atoms with Crippen LogP contribution in [0.2, 0.25) is 5.02 Å². The average molecular weight is 533 g/mol. The Kier molecular flexibility index (Phi) is 10.3. The first-order valence-electron chi connectivity index (χ1n) is 13.4. The first-order valence-corrected chi connectivity index (χ1v) is 13.7. The summed E-state index contributed by atoms with van der Waals surface area (Å²) >= 11 is 6.44. The van der Waals surface area contributed by atoms with E-state index in [1.54, 1.807) is 6.20 Å². The van der Waals surface area contributed by atoms with Crippen LogP contribution in [0.15, 0.2) is 67.4 Å². The summed E-state index contributed by atoms with van der Waals surface area (Å²) in [5.41, 5.74) is 4.27. The molecule has 0 saturated carbocycles. The van der Waals surface area contributed by atoms with E-state index in [9.17, 15) is 4.79 Å². The highest BCUT2D eigenvalue weighted by Crippen LogP contribution is 2.28. The predicted molar refractivity (Wildman–Crippen MR) is 157 cm³/mol. The SMILES string of the molecule is C=CC(=O)Cc1cccc(-c2nc(Nc3cccc(NCCCN4CCN(CCC)CC4)c3)ncc2Cl)c1. The molecule has 0 amide bonds. The number of ketones is 1. The Bertz CT molecular complexity index is 1220. The summed E-state index contributed by atoms with van der Waals surface area (Å²) in [4.78, 5) is 25.9. The molecule has 1 aromatic heterocycles. The van der Waals surface area contributed by atoms with Crippen molar-refractivity contribution in [1.82, 2.24) is 19.8 Å². The lowest BCUT2D eigenvalue weighted by atomic mass is 10.0. The van der Waals surface area contributed by atoms with Crippen LogP contribution in [0.1, 0.15) is 25.3 Å². The number of benzene rings is 2. The van der Waals surface area contributed by atoms with Crippen LogP contribution in [0.4, 0.5) is 17.3 Å². The normalized spacial score (nSPS) is 14.3. The highest BCUT2D eigenvalue weighted by atomic mass is 35.5. The van der Waals surface area contributed by atoms with E-state index in [1.807, 2.05) is 36.4 Å². The molecule has 2 heterocycles. The fourth-order valence-electron chi connectivity index (χ4n) is 4.66. The number of carbonyl (C=O) groups excluding carboxylic acids is 1. The van der Waals surface area contributed by atoms with Gasteiger partial charge in [0, 0.05) is 56.1 Å². The van der Waals surface area contributed by atoms with Crippen LogP contribution in [0, 0.1) is 0 Å². The fourth-order valence-corrected chi connectivity index (χ4v) is 4.86. The lowest BCUT2D eigenvalue weighted by Crippen LogP contribution is -2.46. The lowest BCUT2D eigenvalue weighted by molar-refractivity contribution is -0.114. The van der Waals surface area contributed by atoms with Crippen molar-refractivity contribution >= 4 is 34.7 Å². The van der Waals surface area contributed by atoms with Crippen molar-refractivity contribution in [2.24, 2.45) is 0 Å². The molecule has 200 valence electrons. The van der Waals surface area contributed by atoms with Crippen molar-refractivity contribution in [2.75, 3.05) is 56.4 Å². The van der Waals surface area contributed by atoms with Gasteiger partial charge in [-0.15, -0.1) is 0 Å². The number of hydrogen-bond acceptors (Lipinski definition) is 7. The minimum absolute atomic E-state index is 0.0305. The molecule has 3 aromatic rings. The Hall–Kier alpha value is -3.26. The standard InChI is InChI=1S/C30H37ClN6O/c1-3-13-36-15-17-37(18-16-36)14-7-12-32-25-10-6-11-26(21-25)34-30-33-22-28(31)29(35-30)24-9-5-8-23(19-24)20-27(38)4-2/h4-6,8-11,19,21-22,32H,2-3,7,12-18,20H2,1H3,(H,33,34,35). The molecule has 1 aliphatic heterocycles. The smallest absolute Gasteiger partial charge is 0.227 e. The van der Waals surface area contributed by atoms with Gasteiger partial charge in [-0.25, -0.2) is 9.97 Å². The highest BCUT2D eigenvalue weighted by Gasteiger charge is 2.15. The number of nitrogens with one attached hydrogen (secondary N) is 2. The molecule has 1 saturated heterocycles. The Morgan fingerprint density at radius 2 is 1.79 bits per heavy atom. The monoisotopic (exact) mass is 532 g/mol. The van der Waals surface area contributed by atoms with E-state index < -0.39 is 0 Å². The highest BCUT2D eigenvalue weighted by molar-refractivity contribution is 6.32. The summed E-state index contributed by atoms with van der Waals surface area (Å²) in [6.45, 7) is 13.8. The van der Waals surface area contributed by atoms with E-state index in [0.717, 1.165) is 42.0 Å². The van der Waals surface area contributed by atoms with Crippen LogP contribution in [-0.2, 0) is 11.2 Å². The van der Waals surface area contributed by atoms with Gasteiger partial charge in [0.15, 0.2) is 5.78 Å². The van der Waals surface area contributed by atoms with Crippen LogP contribution in [0.5, 0.6) is 0 Å². The number of piperazine rings is 1. The first-order chi connectivity index (χ1) is 18.5. The Morgan fingerprint density at radius 3 is 2.55 bits per heavy atom. The number of hydrogen-bond donors (Lipinski definition) is 2. The molecule has 2 N–H and O–H groups in total. The van der Waals surface area contributed by atoms with Gasteiger partial charge in [-0.1, -0.05) is 49.4 Å². The van der Waals surface area contributed by atoms with Crippen molar-refractivity contribution in [3.63, 3.8) is 0 Å². The van der Waals surface area contributed by atoms with Crippen molar-refractivity contribution in [3.8, 4) is 11.3 Å². The van der Waals surface area contributed by atoms with Crippen molar-refractivity contribution < 1.29 is 4.79 Å². The zero-order chi connectivity index (χ0) is 26.7. The van der Waals surface area contributed by atoms with Crippen LogP contribution in [-0.4, -0.2) is 71.4 Å². The number of nitrogens with zero attached hydrogens (tertiary/aromatic N) is 4. The minimum Gasteiger partial charge on any atom is -0.385 e. The topological polar surface area (TPSA) is 73.4 Å². The molecular weight excluding hydrogens is 496 g/mol. The number of rotatable bonds is 13. The molecule has 0 spiro atoms.